The van der Waals surface area contributed by atoms with Crippen molar-refractivity contribution in [1.29, 1.82) is 0 Å². The average Bonchev–Trinajstić information content (AvgIpc) is 2.55. The van der Waals surface area contributed by atoms with Crippen LogP contribution in [0.2, 0.25) is 0 Å². The summed E-state index contributed by atoms with van der Waals surface area (Å²) < 4.78 is 11.4. The molecular weight excluding hydrogens is 364 g/mol. The third kappa shape index (κ3) is 3.99. The second-order valence-electron chi connectivity index (χ2n) is 5.50. The number of amides is 1. The lowest BCUT2D eigenvalue weighted by Crippen LogP contribution is -3.14. The molecule has 3 rings (SSSR count). The van der Waals surface area contributed by atoms with Gasteiger partial charge in [0.15, 0.2) is 0 Å². The van der Waals surface area contributed by atoms with Crippen LogP contribution in [0.4, 0.5) is 0 Å². The predicted octanol–water partition coefficient (Wildman–Crippen LogP) is 0.200. The van der Waals surface area contributed by atoms with Crippen LogP contribution in [0.3, 0.4) is 0 Å². The highest BCUT2D eigenvalue weighted by Crippen LogP contribution is 2.19. The molecule has 1 aliphatic rings. The van der Waals surface area contributed by atoms with E-state index in [1.807, 2.05) is 6.07 Å². The van der Waals surface area contributed by atoms with Crippen LogP contribution >= 0.6 is 15.9 Å². The van der Waals surface area contributed by atoms with Crippen molar-refractivity contribution in [2.24, 2.45) is 0 Å². The Balaban J connectivity index is 1.67. The molecule has 1 aromatic heterocycles. The number of morpholine rings is 1. The lowest BCUT2D eigenvalue weighted by molar-refractivity contribution is -0.906. The molecule has 0 bridgehead atoms. The summed E-state index contributed by atoms with van der Waals surface area (Å²) in [4.78, 5) is 25.6. The number of carbonyl (C=O) groups is 1. The number of hydrogen-bond acceptors (Lipinski definition) is 4. The highest BCUT2D eigenvalue weighted by Gasteiger charge is 2.16. The van der Waals surface area contributed by atoms with E-state index in [-0.39, 0.29) is 5.56 Å². The zero-order valence-corrected chi connectivity index (χ0v) is 14.1. The van der Waals surface area contributed by atoms with Gasteiger partial charge in [0.1, 0.15) is 24.2 Å². The number of halogens is 1. The molecule has 0 spiro atoms. The summed E-state index contributed by atoms with van der Waals surface area (Å²) in [5, 5.41) is 3.51. The van der Waals surface area contributed by atoms with E-state index in [9.17, 15) is 9.59 Å². The summed E-state index contributed by atoms with van der Waals surface area (Å²) in [6, 6.07) is 6.87. The number of ether oxygens (including phenoxy) is 1. The van der Waals surface area contributed by atoms with Crippen molar-refractivity contribution in [2.75, 3.05) is 39.4 Å². The van der Waals surface area contributed by atoms with Gasteiger partial charge in [0.2, 0.25) is 0 Å². The van der Waals surface area contributed by atoms with Crippen LogP contribution in [0.25, 0.3) is 11.0 Å². The van der Waals surface area contributed by atoms with Gasteiger partial charge in [-0.25, -0.2) is 4.79 Å². The van der Waals surface area contributed by atoms with Crippen LogP contribution in [0.5, 0.6) is 0 Å². The molecule has 0 aliphatic carbocycles. The van der Waals surface area contributed by atoms with E-state index in [0.717, 1.165) is 37.3 Å². The molecule has 0 radical (unpaired) electrons. The van der Waals surface area contributed by atoms with Crippen LogP contribution in [0.1, 0.15) is 10.4 Å². The number of rotatable bonds is 4. The molecular formula is C16H18BrN2O4+. The summed E-state index contributed by atoms with van der Waals surface area (Å²) in [6.45, 7) is 4.74. The Bertz CT molecular complexity index is 768. The molecule has 122 valence electrons. The molecule has 2 N–H and O–H groups in total. The fourth-order valence-electron chi connectivity index (χ4n) is 2.61. The van der Waals surface area contributed by atoms with Crippen molar-refractivity contribution in [3.63, 3.8) is 0 Å². The van der Waals surface area contributed by atoms with E-state index < -0.39 is 11.5 Å². The quantitative estimate of drug-likeness (QED) is 0.742. The molecule has 1 amide bonds. The number of carbonyl (C=O) groups excluding carboxylic acids is 1. The first kappa shape index (κ1) is 16.2. The van der Waals surface area contributed by atoms with E-state index in [1.54, 1.807) is 18.2 Å². The SMILES string of the molecule is O=C(NCC[NH+]1CCOCC1)c1cc2cc(Br)ccc2oc1=O. The molecule has 7 heteroatoms. The molecule has 1 fully saturated rings. The fraction of sp³-hybridized carbons (Fsp3) is 0.375. The summed E-state index contributed by atoms with van der Waals surface area (Å²) in [5.41, 5.74) is -0.115. The number of hydrogen-bond donors (Lipinski definition) is 2. The minimum absolute atomic E-state index is 0.0348. The van der Waals surface area contributed by atoms with Crippen LogP contribution in [0, 0.1) is 0 Å². The van der Waals surface area contributed by atoms with Gasteiger partial charge in [0.25, 0.3) is 5.91 Å². The first-order valence-corrected chi connectivity index (χ1v) is 8.36. The third-order valence-corrected chi connectivity index (χ3v) is 4.40. The molecule has 1 aromatic carbocycles. The smallest absolute Gasteiger partial charge is 0.349 e. The van der Waals surface area contributed by atoms with Gasteiger partial charge in [-0.3, -0.25) is 4.79 Å². The fourth-order valence-corrected chi connectivity index (χ4v) is 2.99. The third-order valence-electron chi connectivity index (χ3n) is 3.90. The topological polar surface area (TPSA) is 73.0 Å². The molecule has 6 nitrogen and oxygen atoms in total. The van der Waals surface area contributed by atoms with Gasteiger partial charge in [-0.2, -0.15) is 0 Å². The van der Waals surface area contributed by atoms with E-state index >= 15 is 0 Å². The molecule has 2 heterocycles. The summed E-state index contributed by atoms with van der Waals surface area (Å²) in [5.74, 6) is -0.395. The van der Waals surface area contributed by atoms with Crippen LogP contribution in [0.15, 0.2) is 37.9 Å². The molecule has 1 aliphatic heterocycles. The van der Waals surface area contributed by atoms with Crippen molar-refractivity contribution in [2.45, 2.75) is 0 Å². The first-order valence-electron chi connectivity index (χ1n) is 7.56. The van der Waals surface area contributed by atoms with Crippen molar-refractivity contribution < 1.29 is 18.8 Å². The zero-order valence-electron chi connectivity index (χ0n) is 12.6. The minimum atomic E-state index is -0.615. The normalized spacial score (nSPS) is 15.7. The van der Waals surface area contributed by atoms with Crippen LogP contribution in [-0.4, -0.2) is 45.3 Å². The number of fused-ring (bicyclic) bond motifs is 1. The van der Waals surface area contributed by atoms with Gasteiger partial charge >= 0.3 is 5.63 Å². The maximum atomic E-state index is 12.2. The van der Waals surface area contributed by atoms with E-state index in [2.05, 4.69) is 21.2 Å². The zero-order chi connectivity index (χ0) is 16.2. The number of nitrogens with one attached hydrogen (secondary N) is 2. The number of quaternary nitrogens is 1. The van der Waals surface area contributed by atoms with E-state index in [1.165, 1.54) is 4.90 Å². The standard InChI is InChI=1S/C16H17BrN2O4/c17-12-1-2-14-11(9-12)10-13(16(21)23-14)15(20)18-3-4-19-5-7-22-8-6-19/h1-2,9-10H,3-8H2,(H,18,20)/p+1. The summed E-state index contributed by atoms with van der Waals surface area (Å²) in [7, 11) is 0. The van der Waals surface area contributed by atoms with Gasteiger partial charge in [0.05, 0.1) is 26.3 Å². The maximum Gasteiger partial charge on any atom is 0.349 e. The van der Waals surface area contributed by atoms with Crippen molar-refractivity contribution in [1.82, 2.24) is 5.32 Å². The second kappa shape index (κ2) is 7.25. The monoisotopic (exact) mass is 381 g/mol. The Morgan fingerprint density at radius 2 is 2.04 bits per heavy atom. The molecule has 2 aromatic rings. The van der Waals surface area contributed by atoms with Gasteiger partial charge in [0, 0.05) is 9.86 Å². The second-order valence-corrected chi connectivity index (χ2v) is 6.41. The maximum absolute atomic E-state index is 12.2. The Kier molecular flexibility index (Phi) is 5.09. The van der Waals surface area contributed by atoms with Crippen molar-refractivity contribution >= 4 is 32.8 Å². The summed E-state index contributed by atoms with van der Waals surface area (Å²) in [6.07, 6.45) is 0. The highest BCUT2D eigenvalue weighted by molar-refractivity contribution is 9.10. The Morgan fingerprint density at radius 3 is 2.83 bits per heavy atom. The molecule has 23 heavy (non-hydrogen) atoms. The van der Waals surface area contributed by atoms with E-state index in [0.29, 0.717) is 17.5 Å². The molecule has 0 unspecified atom stereocenters. The van der Waals surface area contributed by atoms with Crippen LogP contribution in [-0.2, 0) is 4.74 Å². The summed E-state index contributed by atoms with van der Waals surface area (Å²) >= 11 is 3.37. The minimum Gasteiger partial charge on any atom is -0.422 e. The van der Waals surface area contributed by atoms with Gasteiger partial charge < -0.3 is 19.4 Å². The van der Waals surface area contributed by atoms with Crippen LogP contribution < -0.4 is 15.8 Å². The lowest BCUT2D eigenvalue weighted by atomic mass is 10.2. The van der Waals surface area contributed by atoms with Crippen molar-refractivity contribution in [3.05, 3.63) is 44.7 Å². The molecule has 0 atom stereocenters. The Labute approximate surface area is 141 Å². The van der Waals surface area contributed by atoms with Gasteiger partial charge in [-0.1, -0.05) is 15.9 Å². The largest absolute Gasteiger partial charge is 0.422 e. The molecule has 0 saturated carbocycles. The first-order chi connectivity index (χ1) is 11.1. The predicted molar refractivity (Wildman–Crippen MR) is 88.9 cm³/mol. The van der Waals surface area contributed by atoms with Gasteiger partial charge in [-0.05, 0) is 24.3 Å². The van der Waals surface area contributed by atoms with Crippen molar-refractivity contribution in [3.8, 4) is 0 Å². The lowest BCUT2D eigenvalue weighted by Gasteiger charge is -2.23. The number of benzene rings is 1. The Hall–Kier alpha value is -1.70. The average molecular weight is 382 g/mol. The van der Waals surface area contributed by atoms with E-state index in [4.69, 9.17) is 9.15 Å². The van der Waals surface area contributed by atoms with Gasteiger partial charge in [-0.15, -0.1) is 0 Å². The molecule has 1 saturated heterocycles. The highest BCUT2D eigenvalue weighted by atomic mass is 79.9. The Morgan fingerprint density at radius 1 is 1.26 bits per heavy atom.